The Hall–Kier alpha value is -3.07. The highest BCUT2D eigenvalue weighted by Gasteiger charge is 2.40. The average Bonchev–Trinajstić information content (AvgIpc) is 2.76. The predicted octanol–water partition coefficient (Wildman–Crippen LogP) is 5.91. The predicted molar refractivity (Wildman–Crippen MR) is 116 cm³/mol. The van der Waals surface area contributed by atoms with Crippen LogP contribution < -0.4 is 10.2 Å². The minimum atomic E-state index is 0.0740. The van der Waals surface area contributed by atoms with Crippen LogP contribution in [-0.2, 0) is 0 Å². The molecule has 0 aliphatic carbocycles. The van der Waals surface area contributed by atoms with E-state index in [1.165, 1.54) is 5.56 Å². The number of fused-ring (bicyclic) bond motifs is 1. The topological polar surface area (TPSA) is 32.3 Å². The first-order valence-electron chi connectivity index (χ1n) is 9.99. The number of hydrogen-bond acceptors (Lipinski definition) is 2. The van der Waals surface area contributed by atoms with Gasteiger partial charge in [-0.1, -0.05) is 68.4 Å². The monoisotopic (exact) mass is 370 g/mol. The third-order valence-corrected chi connectivity index (χ3v) is 5.75. The molecule has 0 fully saturated rings. The van der Waals surface area contributed by atoms with Crippen molar-refractivity contribution in [2.75, 3.05) is 10.2 Å². The number of anilines is 2. The van der Waals surface area contributed by atoms with E-state index in [9.17, 15) is 4.79 Å². The van der Waals surface area contributed by atoms with Crippen LogP contribution in [0, 0.1) is 5.92 Å². The fourth-order valence-electron chi connectivity index (χ4n) is 4.35. The van der Waals surface area contributed by atoms with E-state index in [2.05, 4.69) is 49.5 Å². The first-order chi connectivity index (χ1) is 13.7. The van der Waals surface area contributed by atoms with Crippen molar-refractivity contribution < 1.29 is 4.79 Å². The lowest BCUT2D eigenvalue weighted by Crippen LogP contribution is -2.50. The standard InChI is InChI=1S/C25H26N2O/c1-3-22-18(2)24(26-20-14-8-5-9-15-20)21-16-10-11-17-23(21)27(22)25(28)19-12-6-4-7-13-19/h4-18,22,24,26H,3H2,1-2H3/t18-,22+,24+/m1/s1. The van der Waals surface area contributed by atoms with E-state index in [0.29, 0.717) is 0 Å². The summed E-state index contributed by atoms with van der Waals surface area (Å²) < 4.78 is 0. The maximum absolute atomic E-state index is 13.4. The van der Waals surface area contributed by atoms with Gasteiger partial charge < -0.3 is 10.2 Å². The van der Waals surface area contributed by atoms with E-state index in [1.807, 2.05) is 59.5 Å². The van der Waals surface area contributed by atoms with Gasteiger partial charge in [-0.15, -0.1) is 0 Å². The van der Waals surface area contributed by atoms with Gasteiger partial charge in [-0.2, -0.15) is 0 Å². The summed E-state index contributed by atoms with van der Waals surface area (Å²) in [6.45, 7) is 4.41. The Morgan fingerprint density at radius 3 is 2.18 bits per heavy atom. The number of para-hydroxylation sites is 2. The van der Waals surface area contributed by atoms with Crippen molar-refractivity contribution in [2.45, 2.75) is 32.4 Å². The lowest BCUT2D eigenvalue weighted by molar-refractivity contribution is 0.0960. The second kappa shape index (κ2) is 7.89. The third-order valence-electron chi connectivity index (χ3n) is 5.75. The Labute approximate surface area is 167 Å². The highest BCUT2D eigenvalue weighted by molar-refractivity contribution is 6.07. The van der Waals surface area contributed by atoms with Gasteiger partial charge in [0.1, 0.15) is 0 Å². The summed E-state index contributed by atoms with van der Waals surface area (Å²) >= 11 is 0. The summed E-state index contributed by atoms with van der Waals surface area (Å²) in [7, 11) is 0. The first-order valence-corrected chi connectivity index (χ1v) is 9.99. The number of benzene rings is 3. The molecule has 0 saturated carbocycles. The van der Waals surface area contributed by atoms with Crippen molar-refractivity contribution in [1.82, 2.24) is 0 Å². The number of hydrogen-bond donors (Lipinski definition) is 1. The van der Waals surface area contributed by atoms with E-state index in [4.69, 9.17) is 0 Å². The third kappa shape index (κ3) is 3.29. The second-order valence-electron chi connectivity index (χ2n) is 7.42. The number of nitrogens with zero attached hydrogens (tertiary/aromatic N) is 1. The summed E-state index contributed by atoms with van der Waals surface area (Å²) in [5.74, 6) is 0.345. The first kappa shape index (κ1) is 18.3. The Kier molecular flexibility index (Phi) is 5.16. The molecule has 0 aromatic heterocycles. The van der Waals surface area contributed by atoms with E-state index >= 15 is 0 Å². The van der Waals surface area contributed by atoms with E-state index in [0.717, 1.165) is 23.4 Å². The molecule has 0 spiro atoms. The van der Waals surface area contributed by atoms with Gasteiger partial charge in [-0.3, -0.25) is 4.79 Å². The molecular weight excluding hydrogens is 344 g/mol. The summed E-state index contributed by atoms with van der Waals surface area (Å²) in [5, 5.41) is 3.71. The molecule has 1 amide bonds. The maximum atomic E-state index is 13.4. The van der Waals surface area contributed by atoms with Crippen LogP contribution in [0.15, 0.2) is 84.9 Å². The molecule has 3 aromatic rings. The molecule has 3 aromatic carbocycles. The molecular formula is C25H26N2O. The zero-order valence-electron chi connectivity index (χ0n) is 16.4. The molecule has 0 bridgehead atoms. The Balaban J connectivity index is 1.77. The molecule has 142 valence electrons. The van der Waals surface area contributed by atoms with Crippen LogP contribution in [0.3, 0.4) is 0 Å². The van der Waals surface area contributed by atoms with Crippen LogP contribution in [-0.4, -0.2) is 11.9 Å². The lowest BCUT2D eigenvalue weighted by atomic mass is 9.80. The molecule has 1 heterocycles. The molecule has 0 saturated heterocycles. The summed E-state index contributed by atoms with van der Waals surface area (Å²) in [5.41, 5.74) is 4.02. The van der Waals surface area contributed by atoms with Gasteiger partial charge in [0.25, 0.3) is 5.91 Å². The quantitative estimate of drug-likeness (QED) is 0.619. The van der Waals surface area contributed by atoms with Crippen molar-refractivity contribution in [2.24, 2.45) is 5.92 Å². The molecule has 4 rings (SSSR count). The number of amides is 1. The summed E-state index contributed by atoms with van der Waals surface area (Å²) in [6, 6.07) is 28.5. The van der Waals surface area contributed by atoms with Crippen molar-refractivity contribution >= 4 is 17.3 Å². The number of rotatable bonds is 4. The SMILES string of the molecule is CC[C@H]1[C@@H](C)[C@H](Nc2ccccc2)c2ccccc2N1C(=O)c1ccccc1. The molecule has 1 N–H and O–H groups in total. The minimum absolute atomic E-state index is 0.0740. The Morgan fingerprint density at radius 2 is 1.50 bits per heavy atom. The second-order valence-corrected chi connectivity index (χ2v) is 7.42. The summed E-state index contributed by atoms with van der Waals surface area (Å²) in [4.78, 5) is 15.5. The van der Waals surface area contributed by atoms with Gasteiger partial charge in [0.2, 0.25) is 0 Å². The smallest absolute Gasteiger partial charge is 0.258 e. The molecule has 3 nitrogen and oxygen atoms in total. The van der Waals surface area contributed by atoms with E-state index < -0.39 is 0 Å². The van der Waals surface area contributed by atoms with Gasteiger partial charge in [0.15, 0.2) is 0 Å². The summed E-state index contributed by atoms with van der Waals surface area (Å²) in [6.07, 6.45) is 0.904. The fourth-order valence-corrected chi connectivity index (χ4v) is 4.35. The van der Waals surface area contributed by atoms with Crippen LogP contribution in [0.25, 0.3) is 0 Å². The van der Waals surface area contributed by atoms with Gasteiger partial charge >= 0.3 is 0 Å². The number of carbonyl (C=O) groups excluding carboxylic acids is 1. The Bertz CT molecular complexity index is 939. The van der Waals surface area contributed by atoms with Crippen molar-refractivity contribution in [3.8, 4) is 0 Å². The fraction of sp³-hybridized carbons (Fsp3) is 0.240. The highest BCUT2D eigenvalue weighted by Crippen LogP contribution is 2.43. The molecule has 3 heteroatoms. The molecule has 28 heavy (non-hydrogen) atoms. The van der Waals surface area contributed by atoms with E-state index in [-0.39, 0.29) is 23.9 Å². The molecule has 3 atom stereocenters. The molecule has 0 unspecified atom stereocenters. The number of carbonyl (C=O) groups is 1. The minimum Gasteiger partial charge on any atom is -0.378 e. The molecule has 1 aliphatic rings. The largest absolute Gasteiger partial charge is 0.378 e. The van der Waals surface area contributed by atoms with Crippen LogP contribution in [0.4, 0.5) is 11.4 Å². The van der Waals surface area contributed by atoms with Gasteiger partial charge in [-0.05, 0) is 42.3 Å². The molecule has 1 aliphatic heterocycles. The highest BCUT2D eigenvalue weighted by atomic mass is 16.2. The van der Waals surface area contributed by atoms with Crippen molar-refractivity contribution in [1.29, 1.82) is 0 Å². The zero-order valence-corrected chi connectivity index (χ0v) is 16.4. The van der Waals surface area contributed by atoms with Gasteiger partial charge in [-0.25, -0.2) is 0 Å². The van der Waals surface area contributed by atoms with Crippen LogP contribution in [0.1, 0.15) is 42.2 Å². The van der Waals surface area contributed by atoms with Crippen LogP contribution >= 0.6 is 0 Å². The maximum Gasteiger partial charge on any atom is 0.258 e. The van der Waals surface area contributed by atoms with Gasteiger partial charge in [0, 0.05) is 28.9 Å². The lowest BCUT2D eigenvalue weighted by Gasteiger charge is -2.45. The van der Waals surface area contributed by atoms with Crippen LogP contribution in [0.2, 0.25) is 0 Å². The normalized spacial score (nSPS) is 21.1. The number of nitrogens with one attached hydrogen (secondary N) is 1. The Morgan fingerprint density at radius 1 is 0.893 bits per heavy atom. The van der Waals surface area contributed by atoms with E-state index in [1.54, 1.807) is 0 Å². The van der Waals surface area contributed by atoms with Crippen molar-refractivity contribution in [3.63, 3.8) is 0 Å². The van der Waals surface area contributed by atoms with Crippen molar-refractivity contribution in [3.05, 3.63) is 96.1 Å². The van der Waals surface area contributed by atoms with Crippen LogP contribution in [0.5, 0.6) is 0 Å². The average molecular weight is 370 g/mol. The molecule has 0 radical (unpaired) electrons. The van der Waals surface area contributed by atoms with Gasteiger partial charge in [0.05, 0.1) is 6.04 Å². The zero-order chi connectivity index (χ0) is 19.5.